The summed E-state index contributed by atoms with van der Waals surface area (Å²) >= 11 is 6.24. The Bertz CT molecular complexity index is 337. The zero-order valence-electron chi connectivity index (χ0n) is 10.1. The molecule has 0 radical (unpaired) electrons. The number of benzene rings is 1. The molecule has 1 heteroatoms. The summed E-state index contributed by atoms with van der Waals surface area (Å²) in [5.74, 6) is 0.821. The maximum atomic E-state index is 6.24. The van der Waals surface area contributed by atoms with Gasteiger partial charge >= 0.3 is 0 Å². The molecule has 0 N–H and O–H groups in total. The molecule has 0 bridgehead atoms. The number of rotatable bonds is 3. The van der Waals surface area contributed by atoms with Gasteiger partial charge in [-0.25, -0.2) is 0 Å². The fraction of sp³-hybridized carbons (Fsp3) is 0.600. The zero-order chi connectivity index (χ0) is 11.4. The van der Waals surface area contributed by atoms with Crippen LogP contribution >= 0.6 is 11.6 Å². The average molecular weight is 237 g/mol. The Morgan fingerprint density at radius 1 is 1.12 bits per heavy atom. The Labute approximate surface area is 104 Å². The Morgan fingerprint density at radius 2 is 1.81 bits per heavy atom. The molecule has 16 heavy (non-hydrogen) atoms. The highest BCUT2D eigenvalue weighted by Gasteiger charge is 2.31. The van der Waals surface area contributed by atoms with E-state index < -0.39 is 0 Å². The molecule has 0 aromatic heterocycles. The van der Waals surface area contributed by atoms with E-state index >= 15 is 0 Å². The first kappa shape index (κ1) is 12.0. The maximum Gasteiger partial charge on any atom is 0.0283 e. The second-order valence-corrected chi connectivity index (χ2v) is 5.56. The van der Waals surface area contributed by atoms with Crippen molar-refractivity contribution < 1.29 is 0 Å². The average Bonchev–Trinajstić information content (AvgIpc) is 2.33. The lowest BCUT2D eigenvalue weighted by atomic mass is 9.71. The van der Waals surface area contributed by atoms with Crippen LogP contribution in [0.5, 0.6) is 0 Å². The number of aryl methyl sites for hydroxylation is 1. The Morgan fingerprint density at radius 3 is 2.44 bits per heavy atom. The molecule has 0 nitrogen and oxygen atoms in total. The minimum atomic E-state index is 0.381. The van der Waals surface area contributed by atoms with Gasteiger partial charge in [-0.3, -0.25) is 0 Å². The minimum absolute atomic E-state index is 0.381. The van der Waals surface area contributed by atoms with E-state index in [0.717, 1.165) is 5.88 Å². The minimum Gasteiger partial charge on any atom is -0.126 e. The summed E-state index contributed by atoms with van der Waals surface area (Å²) in [6.45, 7) is 2.21. The molecular formula is C15H21Cl. The lowest BCUT2D eigenvalue weighted by Crippen LogP contribution is -2.28. The first-order chi connectivity index (χ1) is 7.76. The number of hydrogen-bond acceptors (Lipinski definition) is 0. The molecule has 1 aliphatic carbocycles. The molecule has 0 heterocycles. The summed E-state index contributed by atoms with van der Waals surface area (Å²) < 4.78 is 0. The second-order valence-electron chi connectivity index (χ2n) is 5.30. The van der Waals surface area contributed by atoms with Crippen molar-refractivity contribution in [2.45, 2.75) is 45.4 Å². The Hall–Kier alpha value is -0.490. The van der Waals surface area contributed by atoms with E-state index in [1.165, 1.54) is 49.7 Å². The van der Waals surface area contributed by atoms with Crippen LogP contribution in [-0.2, 0) is 6.42 Å². The van der Waals surface area contributed by atoms with Crippen LogP contribution in [0.1, 0.15) is 43.2 Å². The van der Waals surface area contributed by atoms with Crippen molar-refractivity contribution in [1.82, 2.24) is 0 Å². The van der Waals surface area contributed by atoms with Crippen molar-refractivity contribution in [2.75, 3.05) is 5.88 Å². The van der Waals surface area contributed by atoms with Crippen molar-refractivity contribution >= 4 is 11.6 Å². The van der Waals surface area contributed by atoms with Crippen LogP contribution < -0.4 is 0 Å². The van der Waals surface area contributed by atoms with Gasteiger partial charge in [-0.05, 0) is 42.7 Å². The molecule has 0 spiro atoms. The summed E-state index contributed by atoms with van der Waals surface area (Å²) in [6, 6.07) is 8.73. The molecule has 1 aromatic rings. The second kappa shape index (κ2) is 5.23. The normalized spacial score (nSPS) is 19.6. The van der Waals surface area contributed by atoms with E-state index in [0.29, 0.717) is 5.41 Å². The fourth-order valence-electron chi connectivity index (χ4n) is 2.87. The third-order valence-electron chi connectivity index (χ3n) is 4.02. The molecule has 0 amide bonds. The van der Waals surface area contributed by atoms with Gasteiger partial charge in [0.1, 0.15) is 0 Å². The van der Waals surface area contributed by atoms with Gasteiger partial charge in [0.2, 0.25) is 0 Å². The van der Waals surface area contributed by atoms with Crippen molar-refractivity contribution in [3.05, 3.63) is 35.4 Å². The van der Waals surface area contributed by atoms with Gasteiger partial charge in [-0.2, -0.15) is 0 Å². The highest BCUT2D eigenvalue weighted by molar-refractivity contribution is 6.18. The predicted molar refractivity (Wildman–Crippen MR) is 71.1 cm³/mol. The lowest BCUT2D eigenvalue weighted by Gasteiger charge is -2.36. The molecule has 2 rings (SSSR count). The quantitative estimate of drug-likeness (QED) is 0.666. The number of alkyl halides is 1. The van der Waals surface area contributed by atoms with Gasteiger partial charge in [-0.15, -0.1) is 11.6 Å². The summed E-state index contributed by atoms with van der Waals surface area (Å²) in [5, 5.41) is 0. The van der Waals surface area contributed by atoms with Crippen molar-refractivity contribution in [3.8, 4) is 0 Å². The van der Waals surface area contributed by atoms with Crippen LogP contribution in [0, 0.1) is 12.3 Å². The van der Waals surface area contributed by atoms with E-state index in [1.807, 2.05) is 0 Å². The van der Waals surface area contributed by atoms with Gasteiger partial charge in [0.25, 0.3) is 0 Å². The van der Waals surface area contributed by atoms with Gasteiger partial charge in [0.15, 0.2) is 0 Å². The van der Waals surface area contributed by atoms with E-state index in [9.17, 15) is 0 Å². The van der Waals surface area contributed by atoms with Gasteiger partial charge < -0.3 is 0 Å². The van der Waals surface area contributed by atoms with Crippen LogP contribution in [0.3, 0.4) is 0 Å². The van der Waals surface area contributed by atoms with Gasteiger partial charge in [0.05, 0.1) is 0 Å². The topological polar surface area (TPSA) is 0 Å². The van der Waals surface area contributed by atoms with E-state index in [4.69, 9.17) is 11.6 Å². The van der Waals surface area contributed by atoms with E-state index in [1.54, 1.807) is 0 Å². The summed E-state index contributed by atoms with van der Waals surface area (Å²) in [6.07, 6.45) is 7.91. The van der Waals surface area contributed by atoms with Crippen LogP contribution in [0.4, 0.5) is 0 Å². The predicted octanol–water partition coefficient (Wildman–Crippen LogP) is 4.73. The third-order valence-corrected chi connectivity index (χ3v) is 4.59. The Kier molecular flexibility index (Phi) is 3.91. The molecule has 1 aliphatic rings. The largest absolute Gasteiger partial charge is 0.126 e. The Balaban J connectivity index is 2.15. The van der Waals surface area contributed by atoms with Gasteiger partial charge in [-0.1, -0.05) is 43.5 Å². The standard InChI is InChI=1S/C15H21Cl/c1-13-7-3-4-8-14(13)11-15(12-16)9-5-2-6-10-15/h3-4,7-8H,2,5-6,9-12H2,1H3. The van der Waals surface area contributed by atoms with E-state index in [-0.39, 0.29) is 0 Å². The zero-order valence-corrected chi connectivity index (χ0v) is 10.9. The molecule has 88 valence electrons. The molecule has 0 unspecified atom stereocenters. The smallest absolute Gasteiger partial charge is 0.0283 e. The molecule has 0 saturated heterocycles. The molecule has 0 atom stereocenters. The first-order valence-corrected chi connectivity index (χ1v) is 6.90. The maximum absolute atomic E-state index is 6.24. The van der Waals surface area contributed by atoms with Crippen LogP contribution in [0.25, 0.3) is 0 Å². The highest BCUT2D eigenvalue weighted by atomic mass is 35.5. The summed E-state index contributed by atoms with van der Waals surface area (Å²) in [4.78, 5) is 0. The van der Waals surface area contributed by atoms with Gasteiger partial charge in [0, 0.05) is 5.88 Å². The number of halogens is 1. The number of hydrogen-bond donors (Lipinski definition) is 0. The first-order valence-electron chi connectivity index (χ1n) is 6.36. The van der Waals surface area contributed by atoms with Crippen molar-refractivity contribution in [2.24, 2.45) is 5.41 Å². The highest BCUT2D eigenvalue weighted by Crippen LogP contribution is 2.40. The van der Waals surface area contributed by atoms with Crippen molar-refractivity contribution in [3.63, 3.8) is 0 Å². The monoisotopic (exact) mass is 236 g/mol. The fourth-order valence-corrected chi connectivity index (χ4v) is 3.23. The molecular weight excluding hydrogens is 216 g/mol. The third kappa shape index (κ3) is 2.60. The molecule has 1 saturated carbocycles. The SMILES string of the molecule is Cc1ccccc1CC1(CCl)CCCCC1. The molecule has 1 fully saturated rings. The van der Waals surface area contributed by atoms with Crippen LogP contribution in [-0.4, -0.2) is 5.88 Å². The lowest BCUT2D eigenvalue weighted by molar-refractivity contribution is 0.219. The molecule has 0 aliphatic heterocycles. The van der Waals surface area contributed by atoms with E-state index in [2.05, 4.69) is 31.2 Å². The van der Waals surface area contributed by atoms with Crippen molar-refractivity contribution in [1.29, 1.82) is 0 Å². The summed E-state index contributed by atoms with van der Waals surface area (Å²) in [7, 11) is 0. The molecule has 1 aromatic carbocycles. The van der Waals surface area contributed by atoms with Crippen LogP contribution in [0.15, 0.2) is 24.3 Å². The summed E-state index contributed by atoms with van der Waals surface area (Å²) in [5.41, 5.74) is 3.29. The van der Waals surface area contributed by atoms with Crippen LogP contribution in [0.2, 0.25) is 0 Å².